The van der Waals surface area contributed by atoms with Gasteiger partial charge in [-0.1, -0.05) is 19.9 Å². The van der Waals surface area contributed by atoms with Crippen LogP contribution in [0.4, 0.5) is 8.78 Å². The fraction of sp³-hybridized carbons (Fsp3) is 0.500. The van der Waals surface area contributed by atoms with Crippen molar-refractivity contribution in [2.24, 2.45) is 11.3 Å². The monoisotopic (exact) mass is 313 g/mol. The molecule has 0 radical (unpaired) electrons. The van der Waals surface area contributed by atoms with Gasteiger partial charge in [-0.3, -0.25) is 9.59 Å². The van der Waals surface area contributed by atoms with Crippen molar-refractivity contribution in [2.75, 3.05) is 0 Å². The molecule has 0 spiro atoms. The standard InChI is InChI=1S/C16H21F2NO3/c1-9(2)14(11-6-5-10(17)7-12(11)18)19-13(20)8-16(3,4)15(21)22/h5-7,9,14H,8H2,1-4H3,(H,19,20)(H,21,22). The Kier molecular flexibility index (Phi) is 5.63. The Morgan fingerprint density at radius 3 is 2.32 bits per heavy atom. The van der Waals surface area contributed by atoms with Crippen molar-refractivity contribution in [3.63, 3.8) is 0 Å². The predicted molar refractivity (Wildman–Crippen MR) is 78.1 cm³/mol. The number of carboxylic acid groups (broad SMARTS) is 1. The number of benzene rings is 1. The number of amides is 1. The molecule has 1 rings (SSSR count). The van der Waals surface area contributed by atoms with E-state index in [0.717, 1.165) is 12.1 Å². The molecule has 0 aliphatic carbocycles. The van der Waals surface area contributed by atoms with Crippen LogP contribution in [0.3, 0.4) is 0 Å². The molecule has 1 aromatic rings. The number of aliphatic carboxylic acids is 1. The lowest BCUT2D eigenvalue weighted by atomic mass is 9.88. The third kappa shape index (κ3) is 4.51. The van der Waals surface area contributed by atoms with Crippen molar-refractivity contribution in [2.45, 2.75) is 40.2 Å². The topological polar surface area (TPSA) is 66.4 Å². The van der Waals surface area contributed by atoms with Gasteiger partial charge in [-0.05, 0) is 25.8 Å². The van der Waals surface area contributed by atoms with Crippen molar-refractivity contribution >= 4 is 11.9 Å². The number of hydrogen-bond donors (Lipinski definition) is 2. The lowest BCUT2D eigenvalue weighted by molar-refractivity contribution is -0.149. The van der Waals surface area contributed by atoms with Crippen molar-refractivity contribution in [1.29, 1.82) is 0 Å². The second-order valence-corrected chi connectivity index (χ2v) is 6.32. The number of carboxylic acids is 1. The summed E-state index contributed by atoms with van der Waals surface area (Å²) in [5.41, 5.74) is -1.04. The van der Waals surface area contributed by atoms with Crippen LogP contribution in [0.25, 0.3) is 0 Å². The van der Waals surface area contributed by atoms with Gasteiger partial charge in [0.2, 0.25) is 5.91 Å². The molecule has 22 heavy (non-hydrogen) atoms. The molecule has 0 saturated carbocycles. The van der Waals surface area contributed by atoms with Crippen molar-refractivity contribution in [3.05, 3.63) is 35.4 Å². The summed E-state index contributed by atoms with van der Waals surface area (Å²) in [7, 11) is 0. The van der Waals surface area contributed by atoms with Crippen LogP contribution < -0.4 is 5.32 Å². The van der Waals surface area contributed by atoms with Gasteiger partial charge in [-0.2, -0.15) is 0 Å². The van der Waals surface area contributed by atoms with Gasteiger partial charge in [0.25, 0.3) is 0 Å². The third-order valence-electron chi connectivity index (χ3n) is 3.46. The zero-order chi connectivity index (χ0) is 17.1. The maximum Gasteiger partial charge on any atom is 0.309 e. The van der Waals surface area contributed by atoms with E-state index in [1.54, 1.807) is 13.8 Å². The number of carbonyl (C=O) groups excluding carboxylic acids is 1. The Bertz CT molecular complexity index is 571. The van der Waals surface area contributed by atoms with Crippen LogP contribution in [0, 0.1) is 23.0 Å². The van der Waals surface area contributed by atoms with Crippen LogP contribution in [0.15, 0.2) is 18.2 Å². The number of halogens is 2. The molecule has 1 aromatic carbocycles. The first kappa shape index (κ1) is 18.1. The normalized spacial score (nSPS) is 13.0. The minimum absolute atomic E-state index is 0.142. The first-order chi connectivity index (χ1) is 10.0. The number of rotatable bonds is 6. The van der Waals surface area contributed by atoms with E-state index >= 15 is 0 Å². The molecule has 2 N–H and O–H groups in total. The highest BCUT2D eigenvalue weighted by molar-refractivity contribution is 5.84. The van der Waals surface area contributed by atoms with Gasteiger partial charge < -0.3 is 10.4 Å². The van der Waals surface area contributed by atoms with E-state index < -0.39 is 35.0 Å². The van der Waals surface area contributed by atoms with Gasteiger partial charge in [0.15, 0.2) is 0 Å². The highest BCUT2D eigenvalue weighted by Gasteiger charge is 2.31. The van der Waals surface area contributed by atoms with E-state index in [4.69, 9.17) is 5.11 Å². The second-order valence-electron chi connectivity index (χ2n) is 6.32. The highest BCUT2D eigenvalue weighted by atomic mass is 19.1. The summed E-state index contributed by atoms with van der Waals surface area (Å²) in [5, 5.41) is 11.7. The molecule has 0 bridgehead atoms. The minimum Gasteiger partial charge on any atom is -0.481 e. The van der Waals surface area contributed by atoms with Crippen molar-refractivity contribution in [1.82, 2.24) is 5.32 Å². The SMILES string of the molecule is CC(C)C(NC(=O)CC(C)(C)C(=O)O)c1ccc(F)cc1F. The molecule has 0 aliphatic heterocycles. The molecule has 0 saturated heterocycles. The Hall–Kier alpha value is -1.98. The molecule has 1 unspecified atom stereocenters. The molecule has 0 fully saturated rings. The van der Waals surface area contributed by atoms with Crippen LogP contribution >= 0.6 is 0 Å². The quantitative estimate of drug-likeness (QED) is 0.847. The first-order valence-electron chi connectivity index (χ1n) is 7.02. The fourth-order valence-electron chi connectivity index (χ4n) is 2.06. The average molecular weight is 313 g/mol. The van der Waals surface area contributed by atoms with Gasteiger partial charge in [0.05, 0.1) is 11.5 Å². The molecule has 1 atom stereocenters. The molecule has 122 valence electrons. The van der Waals surface area contributed by atoms with Gasteiger partial charge in [-0.25, -0.2) is 8.78 Å². The summed E-state index contributed by atoms with van der Waals surface area (Å²) in [5.74, 6) is -3.15. The Morgan fingerprint density at radius 1 is 1.27 bits per heavy atom. The molecule has 0 aliphatic rings. The Labute approximate surface area is 128 Å². The average Bonchev–Trinajstić information content (AvgIpc) is 2.35. The Morgan fingerprint density at radius 2 is 1.86 bits per heavy atom. The molecule has 6 heteroatoms. The van der Waals surface area contributed by atoms with Gasteiger partial charge >= 0.3 is 5.97 Å². The zero-order valence-electron chi connectivity index (χ0n) is 13.1. The lowest BCUT2D eigenvalue weighted by Crippen LogP contribution is -2.37. The summed E-state index contributed by atoms with van der Waals surface area (Å²) >= 11 is 0. The van der Waals surface area contributed by atoms with E-state index in [0.29, 0.717) is 0 Å². The van der Waals surface area contributed by atoms with E-state index in [9.17, 15) is 18.4 Å². The van der Waals surface area contributed by atoms with Crippen LogP contribution in [-0.4, -0.2) is 17.0 Å². The number of hydrogen-bond acceptors (Lipinski definition) is 2. The van der Waals surface area contributed by atoms with Gasteiger partial charge in [0, 0.05) is 18.1 Å². The summed E-state index contributed by atoms with van der Waals surface area (Å²) in [6, 6.07) is 2.52. The molecule has 0 heterocycles. The summed E-state index contributed by atoms with van der Waals surface area (Å²) in [4.78, 5) is 23.1. The van der Waals surface area contributed by atoms with Gasteiger partial charge in [0.1, 0.15) is 11.6 Å². The van der Waals surface area contributed by atoms with Crippen LogP contribution in [0.1, 0.15) is 45.7 Å². The van der Waals surface area contributed by atoms with Crippen molar-refractivity contribution < 1.29 is 23.5 Å². The summed E-state index contributed by atoms with van der Waals surface area (Å²) < 4.78 is 26.9. The third-order valence-corrected chi connectivity index (χ3v) is 3.46. The maximum atomic E-state index is 13.9. The Balaban J connectivity index is 2.94. The van der Waals surface area contributed by atoms with Crippen LogP contribution in [0.2, 0.25) is 0 Å². The van der Waals surface area contributed by atoms with E-state index in [1.165, 1.54) is 19.9 Å². The molecular formula is C16H21F2NO3. The zero-order valence-corrected chi connectivity index (χ0v) is 13.1. The lowest BCUT2D eigenvalue weighted by Gasteiger charge is -2.25. The van der Waals surface area contributed by atoms with E-state index in [-0.39, 0.29) is 17.9 Å². The molecule has 1 amide bonds. The molecular weight excluding hydrogens is 292 g/mol. The molecule has 0 aromatic heterocycles. The fourth-order valence-corrected chi connectivity index (χ4v) is 2.06. The smallest absolute Gasteiger partial charge is 0.309 e. The van der Waals surface area contributed by atoms with Crippen LogP contribution in [0.5, 0.6) is 0 Å². The molecule has 4 nitrogen and oxygen atoms in total. The number of nitrogens with one attached hydrogen (secondary N) is 1. The van der Waals surface area contributed by atoms with Crippen molar-refractivity contribution in [3.8, 4) is 0 Å². The minimum atomic E-state index is -1.22. The maximum absolute atomic E-state index is 13.9. The largest absolute Gasteiger partial charge is 0.481 e. The summed E-state index contributed by atoms with van der Waals surface area (Å²) in [6.07, 6.45) is -0.228. The van der Waals surface area contributed by atoms with E-state index in [1.807, 2.05) is 0 Å². The summed E-state index contributed by atoms with van der Waals surface area (Å²) in [6.45, 7) is 6.46. The highest BCUT2D eigenvalue weighted by Crippen LogP contribution is 2.26. The predicted octanol–water partition coefficient (Wildman–Crippen LogP) is 3.28. The number of carbonyl (C=O) groups is 2. The van der Waals surface area contributed by atoms with Gasteiger partial charge in [-0.15, -0.1) is 0 Å². The van der Waals surface area contributed by atoms with E-state index in [2.05, 4.69) is 5.32 Å². The van der Waals surface area contributed by atoms with Crippen LogP contribution in [-0.2, 0) is 9.59 Å². The second kappa shape index (κ2) is 6.85. The first-order valence-corrected chi connectivity index (χ1v) is 7.02.